The van der Waals surface area contributed by atoms with Crippen molar-refractivity contribution in [2.75, 3.05) is 5.32 Å². The molecule has 0 radical (unpaired) electrons. The summed E-state index contributed by atoms with van der Waals surface area (Å²) >= 11 is 6.37. The molecule has 5 rings (SSSR count). The van der Waals surface area contributed by atoms with Crippen molar-refractivity contribution < 1.29 is 9.32 Å². The first-order chi connectivity index (χ1) is 13.0. The Balaban J connectivity index is 0.000000257. The van der Waals surface area contributed by atoms with Crippen LogP contribution in [0.4, 0.5) is 5.69 Å². The number of halogens is 1. The van der Waals surface area contributed by atoms with E-state index < -0.39 is 0 Å². The van der Waals surface area contributed by atoms with Gasteiger partial charge in [-0.2, -0.15) is 0 Å². The highest BCUT2D eigenvalue weighted by Crippen LogP contribution is 2.42. The van der Waals surface area contributed by atoms with E-state index in [0.717, 1.165) is 34.0 Å². The van der Waals surface area contributed by atoms with Gasteiger partial charge in [-0.15, -0.1) is 0 Å². The van der Waals surface area contributed by atoms with Crippen LogP contribution in [0.5, 0.6) is 0 Å². The fourth-order valence-electron chi connectivity index (χ4n) is 3.09. The standard InChI is InChI=1S/C18H14ClNO.C4H5NO/c1-10-14-8-15(16(19)9-17(14)20-18(10)21)13-6-4-12(5-7-13)11-2-3-11;1-4-2-3-6-5-4/h4-9,11H,1-3H2,(H,20,21);2-3H,1H3. The zero-order valence-electron chi connectivity index (χ0n) is 15.0. The van der Waals surface area contributed by atoms with Gasteiger partial charge in [0.15, 0.2) is 0 Å². The van der Waals surface area contributed by atoms with Gasteiger partial charge < -0.3 is 9.84 Å². The molecule has 2 aromatic carbocycles. The number of aromatic nitrogens is 1. The summed E-state index contributed by atoms with van der Waals surface area (Å²) in [5.74, 6) is 0.596. The molecule has 1 fully saturated rings. The molecule has 2 heterocycles. The summed E-state index contributed by atoms with van der Waals surface area (Å²) in [6, 6.07) is 14.1. The average Bonchev–Trinajstić information content (AvgIpc) is 3.35. The summed E-state index contributed by atoms with van der Waals surface area (Å²) in [4.78, 5) is 11.7. The average molecular weight is 379 g/mol. The normalized spacial score (nSPS) is 15.0. The number of nitrogens with one attached hydrogen (secondary N) is 1. The van der Waals surface area contributed by atoms with Gasteiger partial charge in [0.05, 0.1) is 16.4 Å². The Kier molecular flexibility index (Phi) is 4.58. The number of hydrogen-bond donors (Lipinski definition) is 1. The molecule has 136 valence electrons. The van der Waals surface area contributed by atoms with Crippen LogP contribution in [-0.2, 0) is 4.79 Å². The fourth-order valence-corrected chi connectivity index (χ4v) is 3.36. The quantitative estimate of drug-likeness (QED) is 0.570. The maximum absolute atomic E-state index is 11.7. The molecule has 1 aliphatic carbocycles. The van der Waals surface area contributed by atoms with Gasteiger partial charge in [0.25, 0.3) is 5.91 Å². The van der Waals surface area contributed by atoms with Crippen molar-refractivity contribution in [1.29, 1.82) is 0 Å². The molecule has 0 spiro atoms. The van der Waals surface area contributed by atoms with Crippen LogP contribution in [0.2, 0.25) is 5.02 Å². The lowest BCUT2D eigenvalue weighted by molar-refractivity contribution is -0.110. The highest BCUT2D eigenvalue weighted by molar-refractivity contribution is 6.36. The first-order valence-electron chi connectivity index (χ1n) is 8.84. The monoisotopic (exact) mass is 378 g/mol. The first-order valence-corrected chi connectivity index (χ1v) is 9.22. The van der Waals surface area contributed by atoms with E-state index in [1.807, 2.05) is 13.0 Å². The summed E-state index contributed by atoms with van der Waals surface area (Å²) in [6.45, 7) is 5.71. The maximum Gasteiger partial charge on any atom is 0.255 e. The molecule has 1 saturated carbocycles. The van der Waals surface area contributed by atoms with E-state index in [-0.39, 0.29) is 5.91 Å². The Morgan fingerprint density at radius 1 is 1.15 bits per heavy atom. The minimum atomic E-state index is -0.151. The molecular weight excluding hydrogens is 360 g/mol. The molecule has 0 atom stereocenters. The minimum absolute atomic E-state index is 0.151. The van der Waals surface area contributed by atoms with Crippen LogP contribution in [0.3, 0.4) is 0 Å². The zero-order chi connectivity index (χ0) is 19.0. The number of nitrogens with zero attached hydrogens (tertiary/aromatic N) is 1. The molecule has 2 aliphatic rings. The third-order valence-corrected chi connectivity index (χ3v) is 5.10. The van der Waals surface area contributed by atoms with Crippen molar-refractivity contribution in [3.63, 3.8) is 0 Å². The molecule has 1 amide bonds. The van der Waals surface area contributed by atoms with E-state index >= 15 is 0 Å². The van der Waals surface area contributed by atoms with Gasteiger partial charge in [0.1, 0.15) is 6.26 Å². The van der Waals surface area contributed by atoms with Crippen LogP contribution in [0.1, 0.15) is 35.6 Å². The fraction of sp³-hybridized carbons (Fsp3) is 0.182. The molecule has 1 aromatic heterocycles. The summed E-state index contributed by atoms with van der Waals surface area (Å²) < 4.78 is 4.46. The number of carbonyl (C=O) groups excluding carboxylic acids is 1. The predicted octanol–water partition coefficient (Wildman–Crippen LogP) is 5.83. The smallest absolute Gasteiger partial charge is 0.255 e. The number of hydrogen-bond acceptors (Lipinski definition) is 3. The van der Waals surface area contributed by atoms with Gasteiger partial charge in [-0.1, -0.05) is 47.6 Å². The number of rotatable bonds is 2. The van der Waals surface area contributed by atoms with Crippen LogP contribution in [0.15, 0.2) is 59.8 Å². The van der Waals surface area contributed by atoms with Crippen LogP contribution >= 0.6 is 11.6 Å². The highest BCUT2D eigenvalue weighted by atomic mass is 35.5. The molecule has 1 aliphatic heterocycles. The van der Waals surface area contributed by atoms with E-state index in [9.17, 15) is 4.79 Å². The second kappa shape index (κ2) is 7.05. The lowest BCUT2D eigenvalue weighted by Crippen LogP contribution is -2.02. The van der Waals surface area contributed by atoms with Gasteiger partial charge in [-0.3, -0.25) is 4.79 Å². The molecular formula is C22H19ClN2O2. The summed E-state index contributed by atoms with van der Waals surface area (Å²) in [6.07, 6.45) is 4.15. The molecule has 1 N–H and O–H groups in total. The topological polar surface area (TPSA) is 55.1 Å². The molecule has 0 unspecified atom stereocenters. The van der Waals surface area contributed by atoms with Crippen molar-refractivity contribution in [3.8, 4) is 11.1 Å². The van der Waals surface area contributed by atoms with Gasteiger partial charge in [0, 0.05) is 22.8 Å². The van der Waals surface area contributed by atoms with E-state index in [1.54, 1.807) is 18.4 Å². The highest BCUT2D eigenvalue weighted by Gasteiger charge is 2.25. The summed E-state index contributed by atoms with van der Waals surface area (Å²) in [5, 5.41) is 6.96. The van der Waals surface area contributed by atoms with Crippen molar-refractivity contribution in [2.45, 2.75) is 25.7 Å². The lowest BCUT2D eigenvalue weighted by atomic mass is 9.98. The molecule has 0 bridgehead atoms. The Bertz CT molecular complexity index is 1000. The predicted molar refractivity (Wildman–Crippen MR) is 108 cm³/mol. The number of aryl methyl sites for hydroxylation is 1. The third kappa shape index (κ3) is 3.67. The number of fused-ring (bicyclic) bond motifs is 1. The Labute approximate surface area is 162 Å². The van der Waals surface area contributed by atoms with Crippen LogP contribution in [0, 0.1) is 6.92 Å². The molecule has 3 aromatic rings. The van der Waals surface area contributed by atoms with Crippen molar-refractivity contribution in [1.82, 2.24) is 5.16 Å². The molecule has 4 nitrogen and oxygen atoms in total. The second-order valence-electron chi connectivity index (χ2n) is 6.85. The summed E-state index contributed by atoms with van der Waals surface area (Å²) in [5.41, 5.74) is 6.42. The van der Waals surface area contributed by atoms with Crippen molar-refractivity contribution in [3.05, 3.63) is 77.2 Å². The van der Waals surface area contributed by atoms with E-state index in [4.69, 9.17) is 11.6 Å². The second-order valence-corrected chi connectivity index (χ2v) is 7.25. The SMILES string of the molecule is C=C1C(=O)Nc2cc(Cl)c(-c3ccc(C4CC4)cc3)cc21.Cc1ccon1. The van der Waals surface area contributed by atoms with Gasteiger partial charge >= 0.3 is 0 Å². The molecule has 27 heavy (non-hydrogen) atoms. The maximum atomic E-state index is 11.7. The Hall–Kier alpha value is -2.85. The van der Waals surface area contributed by atoms with Crippen molar-refractivity contribution >= 4 is 28.8 Å². The first kappa shape index (κ1) is 17.6. The minimum Gasteiger partial charge on any atom is -0.365 e. The lowest BCUT2D eigenvalue weighted by Gasteiger charge is -2.09. The van der Waals surface area contributed by atoms with E-state index in [0.29, 0.717) is 10.6 Å². The summed E-state index contributed by atoms with van der Waals surface area (Å²) in [7, 11) is 0. The Morgan fingerprint density at radius 3 is 2.44 bits per heavy atom. The van der Waals surface area contributed by atoms with Crippen LogP contribution in [0.25, 0.3) is 16.7 Å². The zero-order valence-corrected chi connectivity index (χ0v) is 15.7. The van der Waals surface area contributed by atoms with Crippen LogP contribution < -0.4 is 5.32 Å². The number of anilines is 1. The molecule has 5 heteroatoms. The third-order valence-electron chi connectivity index (χ3n) is 4.79. The Morgan fingerprint density at radius 2 is 1.89 bits per heavy atom. The van der Waals surface area contributed by atoms with Gasteiger partial charge in [-0.25, -0.2) is 0 Å². The van der Waals surface area contributed by atoms with Gasteiger partial charge in [-0.05, 0) is 48.9 Å². The van der Waals surface area contributed by atoms with Crippen LogP contribution in [-0.4, -0.2) is 11.1 Å². The number of carbonyl (C=O) groups is 1. The number of benzene rings is 2. The van der Waals surface area contributed by atoms with Crippen molar-refractivity contribution in [2.24, 2.45) is 0 Å². The van der Waals surface area contributed by atoms with E-state index in [1.165, 1.54) is 18.4 Å². The largest absolute Gasteiger partial charge is 0.365 e. The number of amides is 1. The van der Waals surface area contributed by atoms with Gasteiger partial charge in [0.2, 0.25) is 0 Å². The molecule has 0 saturated heterocycles. The van der Waals surface area contributed by atoms with E-state index in [2.05, 4.69) is 45.8 Å².